The zero-order valence-electron chi connectivity index (χ0n) is 22.1. The molecule has 216 valence electrons. The molecule has 6 rings (SSSR count). The molecule has 2 aliphatic carbocycles. The first-order valence-corrected chi connectivity index (χ1v) is 14.8. The monoisotopic (exact) mass is 587 g/mol. The highest BCUT2D eigenvalue weighted by atomic mass is 32.2. The number of pyridine rings is 1. The van der Waals surface area contributed by atoms with Crippen molar-refractivity contribution in [2.75, 3.05) is 10.6 Å². The topological polar surface area (TPSA) is 133 Å². The molecule has 4 aromatic heterocycles. The molecule has 0 unspecified atom stereocenters. The second kappa shape index (κ2) is 10.4. The zero-order valence-corrected chi connectivity index (χ0v) is 22.9. The van der Waals surface area contributed by atoms with Crippen LogP contribution in [0.1, 0.15) is 52.0 Å². The third-order valence-electron chi connectivity index (χ3n) is 7.31. The summed E-state index contributed by atoms with van der Waals surface area (Å²) in [4.78, 5) is 13.2. The van der Waals surface area contributed by atoms with Gasteiger partial charge in [-0.15, -0.1) is 0 Å². The maximum atomic E-state index is 14.4. The minimum absolute atomic E-state index is 0.0147. The van der Waals surface area contributed by atoms with Gasteiger partial charge in [-0.2, -0.15) is 23.1 Å². The van der Waals surface area contributed by atoms with Crippen LogP contribution >= 0.6 is 0 Å². The van der Waals surface area contributed by atoms with Crippen LogP contribution in [0.15, 0.2) is 49.2 Å². The second-order valence-electron chi connectivity index (χ2n) is 10.6. The lowest BCUT2D eigenvalue weighted by atomic mass is 9.85. The molecule has 0 spiro atoms. The van der Waals surface area contributed by atoms with Gasteiger partial charge in [0.25, 0.3) is 10.0 Å². The lowest BCUT2D eigenvalue weighted by Gasteiger charge is -2.32. The fourth-order valence-electron chi connectivity index (χ4n) is 4.80. The van der Waals surface area contributed by atoms with Crippen LogP contribution in [0.3, 0.4) is 0 Å². The van der Waals surface area contributed by atoms with Crippen LogP contribution in [-0.4, -0.2) is 59.3 Å². The minimum atomic E-state index is -3.52. The predicted molar refractivity (Wildman–Crippen MR) is 146 cm³/mol. The van der Waals surface area contributed by atoms with Gasteiger partial charge >= 0.3 is 6.55 Å². The van der Waals surface area contributed by atoms with Gasteiger partial charge in [0.1, 0.15) is 17.3 Å². The standard InChI is InChI=1S/C26H28F3N9O2S/c1-26(29)8-4-17(5-9-26)33-21-12-23(31-14-19(21)20-7-11-37(36-20)25(27)28)34-22-6-10-30-24(35-22)16-13-32-38(15-16)41(39,40)18-2-3-18/h6-7,10-15,17-18,25H,2-5,8-9H2,1H3,(H2,30,31,33,34,35). The Morgan fingerprint density at radius 3 is 2.56 bits per heavy atom. The molecule has 0 amide bonds. The smallest absolute Gasteiger partial charge is 0.333 e. The van der Waals surface area contributed by atoms with Crippen molar-refractivity contribution in [3.8, 4) is 22.6 Å². The van der Waals surface area contributed by atoms with E-state index in [0.717, 1.165) is 4.09 Å². The third kappa shape index (κ3) is 5.89. The maximum absolute atomic E-state index is 14.4. The van der Waals surface area contributed by atoms with Crippen molar-refractivity contribution in [1.82, 2.24) is 33.9 Å². The van der Waals surface area contributed by atoms with Crippen LogP contribution in [0.2, 0.25) is 0 Å². The normalized spacial score (nSPS) is 21.2. The Morgan fingerprint density at radius 1 is 1.07 bits per heavy atom. The molecule has 0 aliphatic heterocycles. The first-order valence-electron chi connectivity index (χ1n) is 13.3. The van der Waals surface area contributed by atoms with Crippen molar-refractivity contribution in [3.05, 3.63) is 49.2 Å². The van der Waals surface area contributed by atoms with Crippen molar-refractivity contribution in [1.29, 1.82) is 0 Å². The molecule has 0 radical (unpaired) electrons. The van der Waals surface area contributed by atoms with E-state index in [4.69, 9.17) is 0 Å². The lowest BCUT2D eigenvalue weighted by Crippen LogP contribution is -2.33. The molecular formula is C26H28F3N9O2S. The third-order valence-corrected chi connectivity index (χ3v) is 9.35. The fourth-order valence-corrected chi connectivity index (χ4v) is 6.27. The van der Waals surface area contributed by atoms with E-state index < -0.39 is 27.5 Å². The van der Waals surface area contributed by atoms with E-state index in [1.54, 1.807) is 19.1 Å². The van der Waals surface area contributed by atoms with Crippen LogP contribution in [0.5, 0.6) is 0 Å². The van der Waals surface area contributed by atoms with Crippen molar-refractivity contribution >= 4 is 27.3 Å². The number of aromatic nitrogens is 7. The summed E-state index contributed by atoms with van der Waals surface area (Å²) in [5.74, 6) is 1.08. The number of nitrogens with one attached hydrogen (secondary N) is 2. The molecule has 2 aliphatic rings. The number of rotatable bonds is 9. The van der Waals surface area contributed by atoms with Crippen molar-refractivity contribution < 1.29 is 21.6 Å². The van der Waals surface area contributed by atoms with Crippen molar-refractivity contribution in [2.45, 2.75) is 69.0 Å². The molecular weight excluding hydrogens is 559 g/mol. The summed E-state index contributed by atoms with van der Waals surface area (Å²) in [6, 6.07) is 4.83. The van der Waals surface area contributed by atoms with Gasteiger partial charge in [0.15, 0.2) is 5.82 Å². The van der Waals surface area contributed by atoms with E-state index in [1.807, 2.05) is 0 Å². The van der Waals surface area contributed by atoms with E-state index in [-0.39, 0.29) is 11.9 Å². The molecule has 4 aromatic rings. The van der Waals surface area contributed by atoms with Gasteiger partial charge in [-0.25, -0.2) is 32.4 Å². The van der Waals surface area contributed by atoms with E-state index >= 15 is 0 Å². The van der Waals surface area contributed by atoms with Gasteiger partial charge in [0.05, 0.1) is 28.9 Å². The highest BCUT2D eigenvalue weighted by Gasteiger charge is 2.37. The number of nitrogens with zero attached hydrogens (tertiary/aromatic N) is 7. The molecule has 15 heteroatoms. The average Bonchev–Trinajstić information content (AvgIpc) is 3.48. The molecule has 2 fully saturated rings. The SMILES string of the molecule is CC1(F)CCC(Nc2cc(Nc3ccnc(-c4cnn(S(=O)(=O)C5CC5)c4)n3)ncc2-c2ccn(C(F)F)n2)CC1. The van der Waals surface area contributed by atoms with E-state index in [1.165, 1.54) is 37.1 Å². The van der Waals surface area contributed by atoms with Crippen molar-refractivity contribution in [3.63, 3.8) is 0 Å². The summed E-state index contributed by atoms with van der Waals surface area (Å²) in [5, 5.41) is 14.1. The highest BCUT2D eigenvalue weighted by molar-refractivity contribution is 7.90. The number of alkyl halides is 3. The Labute approximate surface area is 234 Å². The maximum Gasteiger partial charge on any atom is 0.333 e. The van der Waals surface area contributed by atoms with Crippen LogP contribution in [0.25, 0.3) is 22.6 Å². The Balaban J connectivity index is 1.26. The Kier molecular flexibility index (Phi) is 6.91. The number of hydrogen-bond acceptors (Lipinski definition) is 9. The summed E-state index contributed by atoms with van der Waals surface area (Å²) >= 11 is 0. The van der Waals surface area contributed by atoms with Gasteiger partial charge in [0, 0.05) is 41.9 Å². The predicted octanol–water partition coefficient (Wildman–Crippen LogP) is 5.16. The molecule has 41 heavy (non-hydrogen) atoms. The summed E-state index contributed by atoms with van der Waals surface area (Å²) in [5.41, 5.74) is 0.688. The fraction of sp³-hybridized carbons (Fsp3) is 0.423. The Morgan fingerprint density at radius 2 is 1.85 bits per heavy atom. The number of hydrogen-bond donors (Lipinski definition) is 2. The molecule has 0 atom stereocenters. The van der Waals surface area contributed by atoms with Gasteiger partial charge in [-0.1, -0.05) is 0 Å². The summed E-state index contributed by atoms with van der Waals surface area (Å²) < 4.78 is 67.3. The van der Waals surface area contributed by atoms with Crippen LogP contribution < -0.4 is 10.6 Å². The first-order chi connectivity index (χ1) is 19.6. The first kappa shape index (κ1) is 27.2. The quantitative estimate of drug-likeness (QED) is 0.272. The number of anilines is 3. The molecule has 11 nitrogen and oxygen atoms in total. The molecule has 0 saturated heterocycles. The van der Waals surface area contributed by atoms with Crippen LogP contribution in [0, 0.1) is 0 Å². The van der Waals surface area contributed by atoms with E-state index in [9.17, 15) is 21.6 Å². The molecule has 2 N–H and O–H groups in total. The van der Waals surface area contributed by atoms with Crippen LogP contribution in [-0.2, 0) is 10.0 Å². The largest absolute Gasteiger partial charge is 0.382 e. The molecule has 2 saturated carbocycles. The summed E-state index contributed by atoms with van der Waals surface area (Å²) in [7, 11) is -3.52. The summed E-state index contributed by atoms with van der Waals surface area (Å²) in [6.07, 6.45) is 10.4. The van der Waals surface area contributed by atoms with E-state index in [2.05, 4.69) is 35.8 Å². The average molecular weight is 588 g/mol. The molecule has 0 aromatic carbocycles. The van der Waals surface area contributed by atoms with Gasteiger partial charge in [-0.3, -0.25) is 0 Å². The van der Waals surface area contributed by atoms with Gasteiger partial charge in [-0.05, 0) is 57.6 Å². The van der Waals surface area contributed by atoms with Gasteiger partial charge in [0.2, 0.25) is 0 Å². The highest BCUT2D eigenvalue weighted by Crippen LogP contribution is 2.36. The molecule has 4 heterocycles. The zero-order chi connectivity index (χ0) is 28.8. The Hall–Kier alpha value is -4.01. The summed E-state index contributed by atoms with van der Waals surface area (Å²) in [6.45, 7) is -1.17. The minimum Gasteiger partial charge on any atom is -0.382 e. The van der Waals surface area contributed by atoms with Gasteiger partial charge < -0.3 is 10.6 Å². The Bertz CT molecular complexity index is 1660. The second-order valence-corrected chi connectivity index (χ2v) is 12.7. The number of halogens is 3. The molecule has 0 bridgehead atoms. The lowest BCUT2D eigenvalue weighted by molar-refractivity contribution is 0.0568. The van der Waals surface area contributed by atoms with Crippen molar-refractivity contribution in [2.24, 2.45) is 0 Å². The van der Waals surface area contributed by atoms with E-state index in [0.29, 0.717) is 77.4 Å². The van der Waals surface area contributed by atoms with Crippen LogP contribution in [0.4, 0.5) is 30.5 Å².